The predicted molar refractivity (Wildman–Crippen MR) is 116 cm³/mol. The third kappa shape index (κ3) is 7.56. The molecule has 144 valence electrons. The van der Waals surface area contributed by atoms with Crippen molar-refractivity contribution in [2.75, 3.05) is 39.8 Å². The lowest BCUT2D eigenvalue weighted by atomic mass is 10.2. The van der Waals surface area contributed by atoms with Crippen LogP contribution < -0.4 is 5.32 Å². The summed E-state index contributed by atoms with van der Waals surface area (Å²) in [4.78, 5) is 9.69. The van der Waals surface area contributed by atoms with E-state index in [0.29, 0.717) is 12.0 Å². The second kappa shape index (κ2) is 11.8. The Morgan fingerprint density at radius 2 is 2.28 bits per heavy atom. The number of hydrogen-bond acceptors (Lipinski definition) is 3. The van der Waals surface area contributed by atoms with Crippen LogP contribution in [0.1, 0.15) is 39.4 Å². The van der Waals surface area contributed by atoms with Gasteiger partial charge in [-0.05, 0) is 44.0 Å². The van der Waals surface area contributed by atoms with Crippen molar-refractivity contribution in [3.05, 3.63) is 24.2 Å². The van der Waals surface area contributed by atoms with Crippen molar-refractivity contribution in [1.82, 2.24) is 15.1 Å². The summed E-state index contributed by atoms with van der Waals surface area (Å²) in [7, 11) is 2.16. The minimum absolute atomic E-state index is 0. The second-order valence-corrected chi connectivity index (χ2v) is 7.12. The Hall–Kier alpha value is -0.760. The Morgan fingerprint density at radius 3 is 2.92 bits per heavy atom. The van der Waals surface area contributed by atoms with Crippen LogP contribution in [0.4, 0.5) is 0 Å². The second-order valence-electron chi connectivity index (χ2n) is 7.12. The highest BCUT2D eigenvalue weighted by Gasteiger charge is 2.25. The van der Waals surface area contributed by atoms with E-state index in [1.165, 1.54) is 19.4 Å². The van der Waals surface area contributed by atoms with Gasteiger partial charge in [-0.2, -0.15) is 0 Å². The molecule has 0 aromatic carbocycles. The predicted octanol–water partition coefficient (Wildman–Crippen LogP) is 3.46. The zero-order chi connectivity index (χ0) is 17.4. The first-order valence-electron chi connectivity index (χ1n) is 9.36. The highest BCUT2D eigenvalue weighted by molar-refractivity contribution is 14.0. The molecule has 0 spiro atoms. The SMILES string of the molecule is CCN1CCCC1CN(C)C(=NCC(C)C)NCCc1ccco1.I. The van der Waals surface area contributed by atoms with E-state index in [-0.39, 0.29) is 24.0 Å². The number of furan rings is 1. The molecule has 1 atom stereocenters. The van der Waals surface area contributed by atoms with Crippen LogP contribution in [0.3, 0.4) is 0 Å². The van der Waals surface area contributed by atoms with E-state index >= 15 is 0 Å². The molecular weight excluding hydrogens is 427 g/mol. The first-order chi connectivity index (χ1) is 11.6. The molecule has 0 radical (unpaired) electrons. The molecule has 1 unspecified atom stereocenters. The van der Waals surface area contributed by atoms with Crippen LogP contribution in [-0.4, -0.2) is 61.6 Å². The summed E-state index contributed by atoms with van der Waals surface area (Å²) < 4.78 is 5.41. The van der Waals surface area contributed by atoms with E-state index in [2.05, 4.69) is 42.9 Å². The standard InChI is InChI=1S/C19H34N4O.HI/c1-5-23-12-6-8-17(23)15-22(4)19(21-14-16(2)3)20-11-10-18-9-7-13-24-18;/h7,9,13,16-17H,5-6,8,10-12,14-15H2,1-4H3,(H,20,21);1H. The van der Waals surface area contributed by atoms with Gasteiger partial charge >= 0.3 is 0 Å². The highest BCUT2D eigenvalue weighted by atomic mass is 127. The average molecular weight is 462 g/mol. The number of nitrogens with one attached hydrogen (secondary N) is 1. The first-order valence-corrected chi connectivity index (χ1v) is 9.36. The fraction of sp³-hybridized carbons (Fsp3) is 0.737. The van der Waals surface area contributed by atoms with Crippen molar-refractivity contribution in [3.8, 4) is 0 Å². The van der Waals surface area contributed by atoms with Crippen molar-refractivity contribution >= 4 is 29.9 Å². The molecule has 1 aromatic rings. The molecule has 25 heavy (non-hydrogen) atoms. The molecule has 2 heterocycles. The molecular formula is C19H35IN4O. The largest absolute Gasteiger partial charge is 0.469 e. The lowest BCUT2D eigenvalue weighted by molar-refractivity contribution is 0.232. The quantitative estimate of drug-likeness (QED) is 0.365. The normalized spacial score (nSPS) is 18.4. The number of aliphatic imine (C=N–C) groups is 1. The minimum Gasteiger partial charge on any atom is -0.469 e. The number of guanidine groups is 1. The van der Waals surface area contributed by atoms with Crippen LogP contribution in [0, 0.1) is 5.92 Å². The van der Waals surface area contributed by atoms with E-state index in [1.807, 2.05) is 12.1 Å². The molecule has 1 fully saturated rings. The maximum atomic E-state index is 5.41. The van der Waals surface area contributed by atoms with Gasteiger partial charge in [0.2, 0.25) is 0 Å². The Bertz CT molecular complexity index is 490. The Balaban J connectivity index is 0.00000312. The Kier molecular flexibility index (Phi) is 10.5. The van der Waals surface area contributed by atoms with Crippen LogP contribution >= 0.6 is 24.0 Å². The zero-order valence-electron chi connectivity index (χ0n) is 16.2. The third-order valence-corrected chi connectivity index (χ3v) is 4.59. The Morgan fingerprint density at radius 1 is 1.48 bits per heavy atom. The van der Waals surface area contributed by atoms with Gasteiger partial charge in [0, 0.05) is 39.1 Å². The van der Waals surface area contributed by atoms with E-state index < -0.39 is 0 Å². The van der Waals surface area contributed by atoms with E-state index in [0.717, 1.165) is 44.3 Å². The van der Waals surface area contributed by atoms with Gasteiger partial charge in [0.15, 0.2) is 5.96 Å². The molecule has 1 saturated heterocycles. The van der Waals surface area contributed by atoms with E-state index in [4.69, 9.17) is 9.41 Å². The molecule has 0 saturated carbocycles. The molecule has 2 rings (SSSR count). The van der Waals surface area contributed by atoms with Gasteiger partial charge in [-0.25, -0.2) is 0 Å². The van der Waals surface area contributed by atoms with E-state index in [9.17, 15) is 0 Å². The fourth-order valence-corrected chi connectivity index (χ4v) is 3.25. The minimum atomic E-state index is 0. The van der Waals surface area contributed by atoms with Crippen molar-refractivity contribution in [2.24, 2.45) is 10.9 Å². The van der Waals surface area contributed by atoms with Crippen LogP contribution in [0.2, 0.25) is 0 Å². The molecule has 1 N–H and O–H groups in total. The van der Waals surface area contributed by atoms with Crippen molar-refractivity contribution in [1.29, 1.82) is 0 Å². The van der Waals surface area contributed by atoms with Crippen LogP contribution in [0.5, 0.6) is 0 Å². The van der Waals surface area contributed by atoms with Gasteiger partial charge < -0.3 is 14.6 Å². The molecule has 1 aliphatic rings. The lowest BCUT2D eigenvalue weighted by Crippen LogP contribution is -2.46. The number of hydrogen-bond donors (Lipinski definition) is 1. The average Bonchev–Trinajstić information content (AvgIpc) is 3.21. The van der Waals surface area contributed by atoms with Gasteiger partial charge in [-0.3, -0.25) is 9.89 Å². The summed E-state index contributed by atoms with van der Waals surface area (Å²) in [5.41, 5.74) is 0. The van der Waals surface area contributed by atoms with Crippen molar-refractivity contribution < 1.29 is 4.42 Å². The zero-order valence-corrected chi connectivity index (χ0v) is 18.5. The topological polar surface area (TPSA) is 44.0 Å². The fourth-order valence-electron chi connectivity index (χ4n) is 3.25. The number of nitrogens with zero attached hydrogens (tertiary/aromatic N) is 3. The molecule has 6 heteroatoms. The summed E-state index contributed by atoms with van der Waals surface area (Å²) >= 11 is 0. The van der Waals surface area contributed by atoms with Crippen LogP contribution in [-0.2, 0) is 6.42 Å². The van der Waals surface area contributed by atoms with Crippen molar-refractivity contribution in [2.45, 2.75) is 46.1 Å². The molecule has 5 nitrogen and oxygen atoms in total. The van der Waals surface area contributed by atoms with Crippen LogP contribution in [0.25, 0.3) is 0 Å². The van der Waals surface area contributed by atoms with Gasteiger partial charge in [-0.1, -0.05) is 20.8 Å². The van der Waals surface area contributed by atoms with Crippen LogP contribution in [0.15, 0.2) is 27.8 Å². The summed E-state index contributed by atoms with van der Waals surface area (Å²) in [6.45, 7) is 11.8. The van der Waals surface area contributed by atoms with Gasteiger partial charge in [-0.15, -0.1) is 24.0 Å². The maximum absolute atomic E-state index is 5.41. The monoisotopic (exact) mass is 462 g/mol. The smallest absolute Gasteiger partial charge is 0.193 e. The molecule has 1 aromatic heterocycles. The number of likely N-dealkylation sites (N-methyl/N-ethyl adjacent to an activating group) is 2. The van der Waals surface area contributed by atoms with E-state index in [1.54, 1.807) is 6.26 Å². The molecule has 0 bridgehead atoms. The lowest BCUT2D eigenvalue weighted by Gasteiger charge is -2.30. The highest BCUT2D eigenvalue weighted by Crippen LogP contribution is 2.17. The van der Waals surface area contributed by atoms with Gasteiger partial charge in [0.1, 0.15) is 5.76 Å². The van der Waals surface area contributed by atoms with Gasteiger partial charge in [0.25, 0.3) is 0 Å². The Labute approximate surface area is 170 Å². The van der Waals surface area contributed by atoms with Gasteiger partial charge in [0.05, 0.1) is 6.26 Å². The summed E-state index contributed by atoms with van der Waals surface area (Å²) in [5, 5.41) is 3.52. The number of likely N-dealkylation sites (tertiary alicyclic amines) is 1. The first kappa shape index (κ1) is 22.3. The molecule has 0 amide bonds. The third-order valence-electron chi connectivity index (χ3n) is 4.59. The maximum Gasteiger partial charge on any atom is 0.193 e. The number of halogens is 1. The summed E-state index contributed by atoms with van der Waals surface area (Å²) in [5.74, 6) is 2.60. The number of rotatable bonds is 8. The van der Waals surface area contributed by atoms with Crippen molar-refractivity contribution in [3.63, 3.8) is 0 Å². The summed E-state index contributed by atoms with van der Waals surface area (Å²) in [6.07, 6.45) is 5.22. The summed E-state index contributed by atoms with van der Waals surface area (Å²) in [6, 6.07) is 4.61. The molecule has 1 aliphatic heterocycles. The molecule has 0 aliphatic carbocycles.